The zero-order chi connectivity index (χ0) is 18.4. The SMILES string of the molecule is CCc1c(-c2ccc(C(C)(C)C)cc2)nc2sc(C(=O)O)c(CC)n12. The first-order valence-electron chi connectivity index (χ1n) is 8.65. The van der Waals surface area contributed by atoms with E-state index in [2.05, 4.69) is 52.0 Å². The molecule has 0 aliphatic carbocycles. The number of imidazole rings is 1. The molecular weight excluding hydrogens is 332 g/mol. The van der Waals surface area contributed by atoms with Crippen molar-refractivity contribution >= 4 is 22.3 Å². The molecule has 0 saturated carbocycles. The molecule has 0 bridgehead atoms. The van der Waals surface area contributed by atoms with Gasteiger partial charge < -0.3 is 5.11 Å². The molecule has 0 unspecified atom stereocenters. The van der Waals surface area contributed by atoms with Crippen molar-refractivity contribution in [2.75, 3.05) is 0 Å². The predicted molar refractivity (Wildman–Crippen MR) is 103 cm³/mol. The van der Waals surface area contributed by atoms with Crippen molar-refractivity contribution in [1.82, 2.24) is 9.38 Å². The second kappa shape index (κ2) is 6.30. The number of carboxylic acid groups (broad SMARTS) is 1. The minimum Gasteiger partial charge on any atom is -0.477 e. The lowest BCUT2D eigenvalue weighted by molar-refractivity contribution is 0.0700. The Labute approximate surface area is 152 Å². The highest BCUT2D eigenvalue weighted by molar-refractivity contribution is 7.19. The summed E-state index contributed by atoms with van der Waals surface area (Å²) in [5, 5.41) is 9.44. The van der Waals surface area contributed by atoms with Crippen molar-refractivity contribution in [3.8, 4) is 11.3 Å². The molecule has 2 heterocycles. The van der Waals surface area contributed by atoms with Crippen LogP contribution >= 0.6 is 11.3 Å². The van der Waals surface area contributed by atoms with Gasteiger partial charge in [0.25, 0.3) is 0 Å². The number of aromatic carboxylic acids is 1. The molecule has 0 fully saturated rings. The Kier molecular flexibility index (Phi) is 4.45. The number of carbonyl (C=O) groups is 1. The molecule has 0 radical (unpaired) electrons. The highest BCUT2D eigenvalue weighted by atomic mass is 32.1. The third-order valence-corrected chi connectivity index (χ3v) is 5.63. The van der Waals surface area contributed by atoms with Gasteiger partial charge >= 0.3 is 5.97 Å². The summed E-state index contributed by atoms with van der Waals surface area (Å²) < 4.78 is 2.04. The monoisotopic (exact) mass is 356 g/mol. The summed E-state index contributed by atoms with van der Waals surface area (Å²) in [4.78, 5) is 17.4. The molecule has 3 rings (SSSR count). The Morgan fingerprint density at radius 2 is 1.72 bits per heavy atom. The lowest BCUT2D eigenvalue weighted by Crippen LogP contribution is -2.10. The van der Waals surface area contributed by atoms with Crippen molar-refractivity contribution < 1.29 is 9.90 Å². The van der Waals surface area contributed by atoms with Crippen LogP contribution in [0.2, 0.25) is 0 Å². The zero-order valence-electron chi connectivity index (χ0n) is 15.4. The topological polar surface area (TPSA) is 54.6 Å². The van der Waals surface area contributed by atoms with Crippen LogP contribution in [0.15, 0.2) is 24.3 Å². The second-order valence-electron chi connectivity index (χ2n) is 7.24. The quantitative estimate of drug-likeness (QED) is 0.700. The van der Waals surface area contributed by atoms with Gasteiger partial charge in [-0.05, 0) is 23.8 Å². The maximum atomic E-state index is 11.5. The fourth-order valence-electron chi connectivity index (χ4n) is 3.20. The third-order valence-electron chi connectivity index (χ3n) is 4.56. The van der Waals surface area contributed by atoms with E-state index in [9.17, 15) is 9.90 Å². The summed E-state index contributed by atoms with van der Waals surface area (Å²) in [6.45, 7) is 10.7. The zero-order valence-corrected chi connectivity index (χ0v) is 16.2. The highest BCUT2D eigenvalue weighted by Gasteiger charge is 2.23. The number of nitrogens with zero attached hydrogens (tertiary/aromatic N) is 2. The molecule has 0 aliphatic heterocycles. The van der Waals surface area contributed by atoms with Crippen molar-refractivity contribution in [2.24, 2.45) is 0 Å². The van der Waals surface area contributed by atoms with Crippen LogP contribution in [0, 0.1) is 0 Å². The van der Waals surface area contributed by atoms with Crippen LogP contribution in [-0.4, -0.2) is 20.5 Å². The number of hydrogen-bond donors (Lipinski definition) is 1. The van der Waals surface area contributed by atoms with E-state index in [1.165, 1.54) is 16.9 Å². The molecule has 2 aromatic heterocycles. The number of rotatable bonds is 4. The average molecular weight is 356 g/mol. The maximum absolute atomic E-state index is 11.5. The summed E-state index contributed by atoms with van der Waals surface area (Å²) in [6.07, 6.45) is 1.48. The molecular formula is C20H24N2O2S. The van der Waals surface area contributed by atoms with Crippen LogP contribution < -0.4 is 0 Å². The number of benzene rings is 1. The molecule has 0 spiro atoms. The number of aryl methyl sites for hydroxylation is 2. The van der Waals surface area contributed by atoms with E-state index in [1.54, 1.807) is 0 Å². The molecule has 3 aromatic rings. The lowest BCUT2D eigenvalue weighted by atomic mass is 9.86. The number of aromatic nitrogens is 2. The molecule has 0 amide bonds. The number of thiazole rings is 1. The van der Waals surface area contributed by atoms with Gasteiger partial charge in [0.2, 0.25) is 0 Å². The standard InChI is InChI=1S/C20H24N2O2S/c1-6-14-16(12-8-10-13(11-9-12)20(3,4)5)21-19-22(14)15(7-2)17(25-19)18(23)24/h8-11H,6-7H2,1-5H3,(H,23,24). The molecule has 5 heteroatoms. The Bertz CT molecular complexity index is 927. The van der Waals surface area contributed by atoms with E-state index in [-0.39, 0.29) is 5.41 Å². The van der Waals surface area contributed by atoms with Gasteiger partial charge in [-0.3, -0.25) is 4.40 Å². The first-order chi connectivity index (χ1) is 11.8. The van der Waals surface area contributed by atoms with E-state index in [0.29, 0.717) is 11.3 Å². The second-order valence-corrected chi connectivity index (χ2v) is 8.22. The molecule has 0 aliphatic rings. The molecule has 0 saturated heterocycles. The van der Waals surface area contributed by atoms with Gasteiger partial charge in [-0.1, -0.05) is 70.2 Å². The fourth-order valence-corrected chi connectivity index (χ4v) is 4.27. The normalized spacial score (nSPS) is 12.0. The van der Waals surface area contributed by atoms with Gasteiger partial charge in [0, 0.05) is 11.3 Å². The van der Waals surface area contributed by atoms with Gasteiger partial charge in [-0.25, -0.2) is 9.78 Å². The summed E-state index contributed by atoms with van der Waals surface area (Å²) in [5.41, 5.74) is 5.37. The predicted octanol–water partition coefficient (Wildman–Crippen LogP) is 5.18. The van der Waals surface area contributed by atoms with E-state index in [4.69, 9.17) is 4.98 Å². The van der Waals surface area contributed by atoms with Crippen molar-refractivity contribution in [3.05, 3.63) is 46.1 Å². The van der Waals surface area contributed by atoms with Crippen molar-refractivity contribution in [1.29, 1.82) is 0 Å². The summed E-state index contributed by atoms with van der Waals surface area (Å²) >= 11 is 1.26. The minimum absolute atomic E-state index is 0.117. The van der Waals surface area contributed by atoms with E-state index >= 15 is 0 Å². The Hall–Kier alpha value is -2.14. The van der Waals surface area contributed by atoms with E-state index in [1.807, 2.05) is 11.3 Å². The van der Waals surface area contributed by atoms with Gasteiger partial charge in [-0.15, -0.1) is 0 Å². The molecule has 25 heavy (non-hydrogen) atoms. The highest BCUT2D eigenvalue weighted by Crippen LogP contribution is 2.33. The molecule has 1 aromatic carbocycles. The van der Waals surface area contributed by atoms with Gasteiger partial charge in [0.1, 0.15) is 4.88 Å². The fraction of sp³-hybridized carbons (Fsp3) is 0.400. The molecule has 132 valence electrons. The van der Waals surface area contributed by atoms with Gasteiger partial charge in [0.05, 0.1) is 11.4 Å². The van der Waals surface area contributed by atoms with E-state index in [0.717, 1.165) is 34.0 Å². The smallest absolute Gasteiger partial charge is 0.347 e. The summed E-state index contributed by atoms with van der Waals surface area (Å²) in [7, 11) is 0. The number of carboxylic acids is 1. The minimum atomic E-state index is -0.870. The Morgan fingerprint density at radius 1 is 1.12 bits per heavy atom. The van der Waals surface area contributed by atoms with Crippen molar-refractivity contribution in [2.45, 2.75) is 52.9 Å². The largest absolute Gasteiger partial charge is 0.477 e. The van der Waals surface area contributed by atoms with Crippen LogP contribution in [0.5, 0.6) is 0 Å². The lowest BCUT2D eigenvalue weighted by Gasteiger charge is -2.19. The Balaban J connectivity index is 2.17. The van der Waals surface area contributed by atoms with Crippen LogP contribution in [0.4, 0.5) is 0 Å². The third kappa shape index (κ3) is 2.97. The first kappa shape index (κ1) is 17.7. The molecule has 4 nitrogen and oxygen atoms in total. The van der Waals surface area contributed by atoms with Crippen LogP contribution in [0.1, 0.15) is 61.2 Å². The summed E-state index contributed by atoms with van der Waals surface area (Å²) in [5.74, 6) is -0.870. The van der Waals surface area contributed by atoms with Gasteiger partial charge in [-0.2, -0.15) is 0 Å². The average Bonchev–Trinajstić information content (AvgIpc) is 3.09. The number of fused-ring (bicyclic) bond motifs is 1. The van der Waals surface area contributed by atoms with Crippen LogP contribution in [0.25, 0.3) is 16.2 Å². The van der Waals surface area contributed by atoms with Crippen molar-refractivity contribution in [3.63, 3.8) is 0 Å². The van der Waals surface area contributed by atoms with E-state index < -0.39 is 5.97 Å². The van der Waals surface area contributed by atoms with Crippen LogP contribution in [0.3, 0.4) is 0 Å². The molecule has 1 N–H and O–H groups in total. The summed E-state index contributed by atoms with van der Waals surface area (Å²) in [6, 6.07) is 8.56. The maximum Gasteiger partial charge on any atom is 0.347 e. The molecule has 0 atom stereocenters. The van der Waals surface area contributed by atoms with Crippen LogP contribution in [-0.2, 0) is 18.3 Å². The first-order valence-corrected chi connectivity index (χ1v) is 9.46. The number of hydrogen-bond acceptors (Lipinski definition) is 3. The van der Waals surface area contributed by atoms with Gasteiger partial charge in [0.15, 0.2) is 4.96 Å². The Morgan fingerprint density at radius 3 is 2.20 bits per heavy atom.